The molecule has 0 radical (unpaired) electrons. The largest absolute Gasteiger partial charge is 0.487 e. The Morgan fingerprint density at radius 3 is 1.60 bits per heavy atom. The monoisotopic (exact) mass is 338 g/mol. The molecule has 0 aromatic heterocycles. The maximum atomic E-state index is 12.1. The van der Waals surface area contributed by atoms with Gasteiger partial charge in [0.15, 0.2) is 0 Å². The number of benzene rings is 2. The summed E-state index contributed by atoms with van der Waals surface area (Å²) in [5.74, 6) is 0.245. The highest BCUT2D eigenvalue weighted by Gasteiger charge is 2.14. The molecule has 1 aliphatic rings. The number of nitrogens with one attached hydrogen (secondary N) is 2. The van der Waals surface area contributed by atoms with E-state index in [1.54, 1.807) is 36.4 Å². The van der Waals surface area contributed by atoms with Crippen LogP contribution in [-0.4, -0.2) is 25.0 Å². The van der Waals surface area contributed by atoms with Crippen molar-refractivity contribution in [2.75, 3.05) is 23.8 Å². The molecule has 6 nitrogen and oxygen atoms in total. The van der Waals surface area contributed by atoms with Crippen LogP contribution in [0.3, 0.4) is 0 Å². The summed E-state index contributed by atoms with van der Waals surface area (Å²) < 4.78 is 11.3. The van der Waals surface area contributed by atoms with Crippen molar-refractivity contribution in [2.45, 2.75) is 6.42 Å². The number of hydrogen-bond donors (Lipinski definition) is 2. The molecule has 0 saturated carbocycles. The Morgan fingerprint density at radius 2 is 1.12 bits per heavy atom. The van der Waals surface area contributed by atoms with E-state index in [1.165, 1.54) is 0 Å². The lowest BCUT2D eigenvalue weighted by molar-refractivity contribution is -0.123. The Morgan fingerprint density at radius 1 is 0.680 bits per heavy atom. The number of fused-ring (bicyclic) bond motifs is 2. The zero-order valence-electron chi connectivity index (χ0n) is 13.5. The fourth-order valence-corrected chi connectivity index (χ4v) is 2.34. The third kappa shape index (κ3) is 4.60. The zero-order valence-corrected chi connectivity index (χ0v) is 13.5. The molecule has 0 spiro atoms. The van der Waals surface area contributed by atoms with Crippen LogP contribution in [0.15, 0.2) is 60.7 Å². The molecule has 25 heavy (non-hydrogen) atoms. The topological polar surface area (TPSA) is 76.7 Å². The van der Waals surface area contributed by atoms with E-state index in [0.717, 1.165) is 0 Å². The predicted molar refractivity (Wildman–Crippen MR) is 94.9 cm³/mol. The molecule has 6 heteroatoms. The third-order valence-electron chi connectivity index (χ3n) is 3.48. The van der Waals surface area contributed by atoms with Gasteiger partial charge in [-0.2, -0.15) is 0 Å². The molecule has 2 N–H and O–H groups in total. The summed E-state index contributed by atoms with van der Waals surface area (Å²) >= 11 is 0. The molecule has 0 atom stereocenters. The second-order valence-electron chi connectivity index (χ2n) is 5.36. The molecular weight excluding hydrogens is 320 g/mol. The number of rotatable bonds is 0. The zero-order chi connectivity index (χ0) is 17.5. The minimum absolute atomic E-state index is 0.305. The summed E-state index contributed by atoms with van der Waals surface area (Å²) in [5, 5.41) is 5.41. The average molecular weight is 338 g/mol. The van der Waals surface area contributed by atoms with Gasteiger partial charge in [0, 0.05) is 0 Å². The molecule has 2 amide bonds. The van der Waals surface area contributed by atoms with Crippen molar-refractivity contribution in [3.63, 3.8) is 0 Å². The van der Waals surface area contributed by atoms with Gasteiger partial charge in [0.1, 0.15) is 31.1 Å². The van der Waals surface area contributed by atoms with Crippen LogP contribution in [0.25, 0.3) is 0 Å². The van der Waals surface area contributed by atoms with E-state index in [1.807, 2.05) is 24.3 Å². The molecule has 0 aliphatic carbocycles. The average Bonchev–Trinajstić information content (AvgIpc) is 2.60. The van der Waals surface area contributed by atoms with Crippen LogP contribution in [0, 0.1) is 0 Å². The van der Waals surface area contributed by atoms with E-state index < -0.39 is 11.8 Å². The highest BCUT2D eigenvalue weighted by atomic mass is 16.5. The van der Waals surface area contributed by atoms with Gasteiger partial charge < -0.3 is 20.1 Å². The fraction of sp³-hybridized carbons (Fsp3) is 0.158. The molecule has 128 valence electrons. The molecule has 1 aliphatic heterocycles. The number of hydrogen-bond acceptors (Lipinski definition) is 4. The first-order chi connectivity index (χ1) is 12.2. The molecule has 1 heterocycles. The summed E-state index contributed by atoms with van der Waals surface area (Å²) in [6.45, 7) is 0.685. The normalized spacial score (nSPS) is 16.5. The molecule has 2 aromatic carbocycles. The number of anilines is 2. The van der Waals surface area contributed by atoms with Crippen molar-refractivity contribution in [1.29, 1.82) is 0 Å². The van der Waals surface area contributed by atoms with Crippen LogP contribution in [0.2, 0.25) is 0 Å². The third-order valence-corrected chi connectivity index (χ3v) is 3.48. The van der Waals surface area contributed by atoms with Crippen LogP contribution in [0.5, 0.6) is 11.5 Å². The van der Waals surface area contributed by atoms with Crippen molar-refractivity contribution in [3.05, 3.63) is 60.7 Å². The van der Waals surface area contributed by atoms with E-state index in [0.29, 0.717) is 36.1 Å². The molecular formula is C19H18N2O4. The van der Waals surface area contributed by atoms with Gasteiger partial charge in [-0.05, 0) is 36.4 Å². The van der Waals surface area contributed by atoms with Crippen LogP contribution in [0.4, 0.5) is 11.4 Å². The lowest BCUT2D eigenvalue weighted by Crippen LogP contribution is -2.22. The number of amides is 2. The molecule has 0 fully saturated rings. The molecule has 0 bridgehead atoms. The summed E-state index contributed by atoms with van der Waals surface area (Å²) in [4.78, 5) is 24.3. The second-order valence-corrected chi connectivity index (χ2v) is 5.36. The Kier molecular flexibility index (Phi) is 5.31. The molecule has 3 rings (SSSR count). The van der Waals surface area contributed by atoms with Crippen molar-refractivity contribution >= 4 is 23.2 Å². The first-order valence-electron chi connectivity index (χ1n) is 7.91. The highest BCUT2D eigenvalue weighted by molar-refractivity contribution is 6.08. The quantitative estimate of drug-likeness (QED) is 0.572. The molecule has 0 unspecified atom stereocenters. The first-order valence-corrected chi connectivity index (χ1v) is 7.91. The predicted octanol–water partition coefficient (Wildman–Crippen LogP) is 2.98. The van der Waals surface area contributed by atoms with E-state index in [-0.39, 0.29) is 6.42 Å². The van der Waals surface area contributed by atoms with Gasteiger partial charge >= 0.3 is 0 Å². The van der Waals surface area contributed by atoms with Crippen LogP contribution in [-0.2, 0) is 9.59 Å². The summed E-state index contributed by atoms with van der Waals surface area (Å²) in [7, 11) is 0. The summed E-state index contributed by atoms with van der Waals surface area (Å²) in [6, 6.07) is 14.2. The lowest BCUT2D eigenvalue weighted by Gasteiger charge is -2.12. The first kappa shape index (κ1) is 16.6. The standard InChI is InChI=1S/C19H18N2O4/c22-18-13-19(23)21-15-8-2-4-10-17(15)25-12-6-5-11-24-16-9-3-1-7-14(16)20-18/h1-10H,11-13H2,(H,20,22)(H,21,23)/b6-5+. The minimum atomic E-state index is -0.419. The fourth-order valence-electron chi connectivity index (χ4n) is 2.34. The van der Waals surface area contributed by atoms with Crippen molar-refractivity contribution < 1.29 is 19.1 Å². The number of ether oxygens (including phenoxy) is 2. The Hall–Kier alpha value is -3.28. The van der Waals surface area contributed by atoms with Gasteiger partial charge in [-0.15, -0.1) is 0 Å². The van der Waals surface area contributed by atoms with Crippen molar-refractivity contribution in [2.24, 2.45) is 0 Å². The van der Waals surface area contributed by atoms with E-state index in [2.05, 4.69) is 10.6 Å². The smallest absolute Gasteiger partial charge is 0.233 e. The van der Waals surface area contributed by atoms with Gasteiger partial charge in [0.2, 0.25) is 11.8 Å². The summed E-state index contributed by atoms with van der Waals surface area (Å²) in [6.07, 6.45) is 3.36. The lowest BCUT2D eigenvalue weighted by atomic mass is 10.2. The Balaban J connectivity index is 1.82. The van der Waals surface area contributed by atoms with Gasteiger partial charge in [-0.3, -0.25) is 9.59 Å². The number of carbonyl (C=O) groups excluding carboxylic acids is 2. The summed E-state index contributed by atoms with van der Waals surface area (Å²) in [5.41, 5.74) is 1.06. The molecule has 0 saturated heterocycles. The minimum Gasteiger partial charge on any atom is -0.487 e. The maximum absolute atomic E-state index is 12.1. The SMILES string of the molecule is O=C1CC(=O)Nc2ccccc2OC/C=C/COc2ccccc2N1. The molecule has 2 aromatic rings. The number of para-hydroxylation sites is 4. The second kappa shape index (κ2) is 8.01. The Bertz CT molecular complexity index is 736. The van der Waals surface area contributed by atoms with E-state index in [9.17, 15) is 9.59 Å². The van der Waals surface area contributed by atoms with Crippen molar-refractivity contribution in [1.82, 2.24) is 0 Å². The highest BCUT2D eigenvalue weighted by Crippen LogP contribution is 2.25. The van der Waals surface area contributed by atoms with Crippen LogP contribution in [0.1, 0.15) is 6.42 Å². The van der Waals surface area contributed by atoms with E-state index >= 15 is 0 Å². The van der Waals surface area contributed by atoms with Gasteiger partial charge in [-0.1, -0.05) is 24.3 Å². The van der Waals surface area contributed by atoms with Gasteiger partial charge in [0.25, 0.3) is 0 Å². The van der Waals surface area contributed by atoms with E-state index in [4.69, 9.17) is 9.47 Å². The van der Waals surface area contributed by atoms with Crippen LogP contribution < -0.4 is 20.1 Å². The van der Waals surface area contributed by atoms with Gasteiger partial charge in [0.05, 0.1) is 11.4 Å². The van der Waals surface area contributed by atoms with Crippen LogP contribution >= 0.6 is 0 Å². The number of carbonyl (C=O) groups is 2. The van der Waals surface area contributed by atoms with Gasteiger partial charge in [-0.25, -0.2) is 0 Å². The van der Waals surface area contributed by atoms with Crippen molar-refractivity contribution in [3.8, 4) is 11.5 Å². The Labute approximate surface area is 145 Å². The maximum Gasteiger partial charge on any atom is 0.233 e.